The molecular formula is C16H25N7O8. The zero-order valence-corrected chi connectivity index (χ0v) is 16.3. The van der Waals surface area contributed by atoms with Gasteiger partial charge in [-0.05, 0) is 0 Å². The van der Waals surface area contributed by atoms with Crippen LogP contribution in [0.5, 0.6) is 0 Å². The smallest absolute Gasteiger partial charge is 0.328 e. The summed E-state index contributed by atoms with van der Waals surface area (Å²) in [5, 5.41) is 34.0. The molecule has 1 aromatic rings. The van der Waals surface area contributed by atoms with Crippen LogP contribution in [0.3, 0.4) is 0 Å². The van der Waals surface area contributed by atoms with Crippen LogP contribution in [0.1, 0.15) is 12.1 Å². The molecule has 15 heteroatoms. The molecule has 1 heterocycles. The van der Waals surface area contributed by atoms with Gasteiger partial charge in [-0.25, -0.2) is 9.78 Å². The highest BCUT2D eigenvalue weighted by molar-refractivity contribution is 5.95. The van der Waals surface area contributed by atoms with Crippen molar-refractivity contribution in [3.05, 3.63) is 18.2 Å². The largest absolute Gasteiger partial charge is 0.480 e. The standard InChI is InChI=1S/C16H25N7O8/c17-8(2-12(18)26)13(27)22-10(4-24)15(29)21-9(1-7-3-19-6-20-7)14(28)23-11(5-25)16(30)31/h3,6,8-11,24-25H,1-2,4-5,17H2,(H2,18,26)(H,19,20)(H,21,29)(H,22,27)(H,23,28)(H,30,31). The van der Waals surface area contributed by atoms with Crippen LogP contribution in [0.15, 0.2) is 12.5 Å². The number of amides is 4. The van der Waals surface area contributed by atoms with Gasteiger partial charge in [0.05, 0.1) is 32.0 Å². The van der Waals surface area contributed by atoms with Gasteiger partial charge in [0, 0.05) is 18.3 Å². The molecule has 4 unspecified atom stereocenters. The van der Waals surface area contributed by atoms with Crippen molar-refractivity contribution < 1.29 is 39.3 Å². The number of carbonyl (C=O) groups excluding carboxylic acids is 4. The molecule has 4 atom stereocenters. The number of carboxylic acids is 1. The number of primary amides is 1. The Morgan fingerprint density at radius 2 is 1.52 bits per heavy atom. The minimum atomic E-state index is -1.62. The molecule has 0 saturated carbocycles. The number of aliphatic hydroxyl groups is 2. The average molecular weight is 443 g/mol. The lowest BCUT2D eigenvalue weighted by Gasteiger charge is -2.23. The molecule has 4 amide bonds. The molecule has 31 heavy (non-hydrogen) atoms. The Morgan fingerprint density at radius 3 is 2.00 bits per heavy atom. The SMILES string of the molecule is NC(=O)CC(N)C(=O)NC(CO)C(=O)NC(Cc1cnc[nH]1)C(=O)NC(CO)C(=O)O. The fraction of sp³-hybridized carbons (Fsp3) is 0.500. The van der Waals surface area contributed by atoms with Crippen molar-refractivity contribution in [3.8, 4) is 0 Å². The van der Waals surface area contributed by atoms with Gasteiger partial charge in [-0.15, -0.1) is 0 Å². The number of imidazole rings is 1. The topological polar surface area (TPSA) is 263 Å². The molecule has 0 aliphatic carbocycles. The highest BCUT2D eigenvalue weighted by Gasteiger charge is 2.30. The summed E-state index contributed by atoms with van der Waals surface area (Å²) >= 11 is 0. The van der Waals surface area contributed by atoms with E-state index < -0.39 is 73.4 Å². The number of aromatic amines is 1. The molecule has 0 saturated heterocycles. The lowest BCUT2D eigenvalue weighted by atomic mass is 10.1. The van der Waals surface area contributed by atoms with Gasteiger partial charge in [-0.3, -0.25) is 19.2 Å². The quantitative estimate of drug-likeness (QED) is 0.140. The van der Waals surface area contributed by atoms with E-state index in [2.05, 4.69) is 25.9 Å². The van der Waals surface area contributed by atoms with Crippen LogP contribution in [0.2, 0.25) is 0 Å². The van der Waals surface area contributed by atoms with Gasteiger partial charge in [0.15, 0.2) is 0 Å². The predicted octanol–water partition coefficient (Wildman–Crippen LogP) is -5.32. The first-order valence-corrected chi connectivity index (χ1v) is 8.95. The number of aliphatic carboxylic acids is 1. The van der Waals surface area contributed by atoms with E-state index in [1.54, 1.807) is 0 Å². The third-order valence-electron chi connectivity index (χ3n) is 3.98. The number of rotatable bonds is 13. The van der Waals surface area contributed by atoms with E-state index in [4.69, 9.17) is 21.7 Å². The fourth-order valence-corrected chi connectivity index (χ4v) is 2.34. The Bertz CT molecular complexity index is 785. The molecule has 0 radical (unpaired) electrons. The minimum Gasteiger partial charge on any atom is -0.480 e. The minimum absolute atomic E-state index is 0.150. The number of nitrogens with zero attached hydrogens (tertiary/aromatic N) is 1. The lowest BCUT2D eigenvalue weighted by Crippen LogP contribution is -2.59. The maximum atomic E-state index is 12.5. The van der Waals surface area contributed by atoms with Crippen molar-refractivity contribution in [2.24, 2.45) is 11.5 Å². The summed E-state index contributed by atoms with van der Waals surface area (Å²) in [7, 11) is 0. The van der Waals surface area contributed by atoms with Crippen LogP contribution in [0.25, 0.3) is 0 Å². The van der Waals surface area contributed by atoms with E-state index in [9.17, 15) is 29.1 Å². The summed E-state index contributed by atoms with van der Waals surface area (Å²) in [6.07, 6.45) is 2.04. The second-order valence-electron chi connectivity index (χ2n) is 6.44. The maximum absolute atomic E-state index is 12.5. The summed E-state index contributed by atoms with van der Waals surface area (Å²) in [6.45, 7) is -1.76. The number of nitrogens with one attached hydrogen (secondary N) is 4. The van der Waals surface area contributed by atoms with Crippen molar-refractivity contribution in [1.82, 2.24) is 25.9 Å². The van der Waals surface area contributed by atoms with Crippen molar-refractivity contribution in [3.63, 3.8) is 0 Å². The molecule has 0 aliphatic rings. The van der Waals surface area contributed by atoms with Crippen molar-refractivity contribution >= 4 is 29.6 Å². The zero-order chi connectivity index (χ0) is 23.6. The first-order chi connectivity index (χ1) is 14.6. The van der Waals surface area contributed by atoms with Crippen LogP contribution < -0.4 is 27.4 Å². The Morgan fingerprint density at radius 1 is 0.968 bits per heavy atom. The first kappa shape index (κ1) is 25.5. The van der Waals surface area contributed by atoms with Gasteiger partial charge in [0.1, 0.15) is 18.1 Å². The van der Waals surface area contributed by atoms with Crippen molar-refractivity contribution in [2.75, 3.05) is 13.2 Å². The van der Waals surface area contributed by atoms with Crippen LogP contribution >= 0.6 is 0 Å². The second kappa shape index (κ2) is 12.2. The van der Waals surface area contributed by atoms with E-state index in [1.165, 1.54) is 12.5 Å². The number of nitrogens with two attached hydrogens (primary N) is 2. The van der Waals surface area contributed by atoms with Crippen LogP contribution in [-0.4, -0.2) is 92.3 Å². The lowest BCUT2D eigenvalue weighted by molar-refractivity contribution is -0.143. The Labute approximate surface area is 175 Å². The van der Waals surface area contributed by atoms with Crippen LogP contribution in [0, 0.1) is 0 Å². The molecule has 15 nitrogen and oxygen atoms in total. The molecule has 0 spiro atoms. The Balaban J connectivity index is 2.90. The molecule has 0 aromatic carbocycles. The number of hydrogen-bond donors (Lipinski definition) is 9. The Hall–Kier alpha value is -3.56. The number of carbonyl (C=O) groups is 5. The van der Waals surface area contributed by atoms with Crippen LogP contribution in [-0.2, 0) is 30.4 Å². The highest BCUT2D eigenvalue weighted by Crippen LogP contribution is 2.01. The monoisotopic (exact) mass is 443 g/mol. The molecule has 0 aliphatic heterocycles. The summed E-state index contributed by atoms with van der Waals surface area (Å²) in [5.74, 6) is -5.21. The number of aliphatic hydroxyl groups excluding tert-OH is 2. The van der Waals surface area contributed by atoms with Gasteiger partial charge in [0.25, 0.3) is 0 Å². The zero-order valence-electron chi connectivity index (χ0n) is 16.3. The average Bonchev–Trinajstić information content (AvgIpc) is 3.21. The van der Waals surface area contributed by atoms with E-state index >= 15 is 0 Å². The molecule has 1 rings (SSSR count). The van der Waals surface area contributed by atoms with E-state index in [1.807, 2.05) is 0 Å². The van der Waals surface area contributed by atoms with E-state index in [0.717, 1.165) is 0 Å². The van der Waals surface area contributed by atoms with Gasteiger partial charge in [-0.2, -0.15) is 0 Å². The summed E-state index contributed by atoms with van der Waals surface area (Å²) in [4.78, 5) is 65.3. The van der Waals surface area contributed by atoms with Gasteiger partial charge >= 0.3 is 5.97 Å². The first-order valence-electron chi connectivity index (χ1n) is 8.95. The highest BCUT2D eigenvalue weighted by atomic mass is 16.4. The second-order valence-corrected chi connectivity index (χ2v) is 6.44. The number of H-pyrrole nitrogens is 1. The van der Waals surface area contributed by atoms with Crippen molar-refractivity contribution in [1.29, 1.82) is 0 Å². The maximum Gasteiger partial charge on any atom is 0.328 e. The molecule has 0 fully saturated rings. The van der Waals surface area contributed by atoms with Gasteiger partial charge < -0.3 is 47.7 Å². The van der Waals surface area contributed by atoms with E-state index in [-0.39, 0.29) is 6.42 Å². The van der Waals surface area contributed by atoms with Crippen LogP contribution in [0.4, 0.5) is 0 Å². The molecule has 172 valence electrons. The Kier molecular flexibility index (Phi) is 10.0. The third-order valence-corrected chi connectivity index (χ3v) is 3.98. The fourth-order valence-electron chi connectivity index (χ4n) is 2.34. The number of hydrogen-bond acceptors (Lipinski definition) is 9. The van der Waals surface area contributed by atoms with E-state index in [0.29, 0.717) is 5.69 Å². The molecule has 11 N–H and O–H groups in total. The van der Waals surface area contributed by atoms with Gasteiger partial charge in [-0.1, -0.05) is 0 Å². The molecular weight excluding hydrogens is 418 g/mol. The number of carboxylic acid groups (broad SMARTS) is 1. The molecule has 1 aromatic heterocycles. The summed E-state index contributed by atoms with van der Waals surface area (Å²) in [5.41, 5.74) is 10.8. The van der Waals surface area contributed by atoms with Crippen molar-refractivity contribution in [2.45, 2.75) is 37.0 Å². The normalized spacial score (nSPS) is 14.5. The third kappa shape index (κ3) is 8.37. The predicted molar refractivity (Wildman–Crippen MR) is 102 cm³/mol. The molecule has 0 bridgehead atoms. The number of aromatic nitrogens is 2. The summed E-state index contributed by atoms with van der Waals surface area (Å²) in [6, 6.07) is -5.86. The summed E-state index contributed by atoms with van der Waals surface area (Å²) < 4.78 is 0. The van der Waals surface area contributed by atoms with Gasteiger partial charge in [0.2, 0.25) is 23.6 Å².